The maximum Gasteiger partial charge on any atom is 2.00 e. The SMILES string of the molecule is C1=Cc2cc3ccc(cc4nc(cc5ccc(cc1n2)[nH]5)C=C4)[nH]3.[O-2].[Zn+2]. The molecule has 2 aliphatic heterocycles. The minimum atomic E-state index is 0. The van der Waals surface area contributed by atoms with Crippen molar-refractivity contribution >= 4 is 46.4 Å². The largest absolute Gasteiger partial charge is 2.00 e. The molecular formula is C20H14N4OZn. The molecular weight excluding hydrogens is 378 g/mol. The van der Waals surface area contributed by atoms with E-state index in [0.717, 1.165) is 44.8 Å². The van der Waals surface area contributed by atoms with Gasteiger partial charge in [0.15, 0.2) is 0 Å². The van der Waals surface area contributed by atoms with Gasteiger partial charge in [-0.2, -0.15) is 0 Å². The quantitative estimate of drug-likeness (QED) is 0.380. The van der Waals surface area contributed by atoms with Crippen molar-refractivity contribution in [3.8, 4) is 0 Å². The Labute approximate surface area is 162 Å². The van der Waals surface area contributed by atoms with Crippen LogP contribution in [-0.2, 0) is 25.0 Å². The van der Waals surface area contributed by atoms with Crippen LogP contribution >= 0.6 is 0 Å². The zero-order valence-corrected chi connectivity index (χ0v) is 16.9. The average molecular weight is 392 g/mol. The number of fused-ring (bicyclic) bond motifs is 8. The predicted octanol–water partition coefficient (Wildman–Crippen LogP) is 4.53. The number of rotatable bonds is 0. The Hall–Kier alpha value is -2.82. The topological polar surface area (TPSA) is 85.9 Å². The summed E-state index contributed by atoms with van der Waals surface area (Å²) >= 11 is 0. The Morgan fingerprint density at radius 3 is 1.04 bits per heavy atom. The molecule has 5 nitrogen and oxygen atoms in total. The van der Waals surface area contributed by atoms with E-state index in [4.69, 9.17) is 0 Å². The van der Waals surface area contributed by atoms with Crippen LogP contribution in [0.3, 0.4) is 0 Å². The van der Waals surface area contributed by atoms with Crippen LogP contribution in [0.15, 0.2) is 48.5 Å². The van der Waals surface area contributed by atoms with Gasteiger partial charge in [-0.05, 0) is 72.8 Å². The maximum absolute atomic E-state index is 4.63. The first-order valence-electron chi connectivity index (χ1n) is 7.85. The number of H-pyrrole nitrogens is 2. The van der Waals surface area contributed by atoms with E-state index >= 15 is 0 Å². The summed E-state index contributed by atoms with van der Waals surface area (Å²) in [5.74, 6) is 0. The van der Waals surface area contributed by atoms with Crippen LogP contribution in [0.4, 0.5) is 0 Å². The third-order valence-electron chi connectivity index (χ3n) is 4.04. The van der Waals surface area contributed by atoms with Gasteiger partial charge in [0.2, 0.25) is 0 Å². The van der Waals surface area contributed by atoms with E-state index < -0.39 is 0 Å². The summed E-state index contributed by atoms with van der Waals surface area (Å²) in [4.78, 5) is 16.0. The zero-order valence-electron chi connectivity index (χ0n) is 13.9. The molecule has 0 amide bonds. The van der Waals surface area contributed by atoms with Gasteiger partial charge in [0.25, 0.3) is 0 Å². The van der Waals surface area contributed by atoms with E-state index in [1.807, 2.05) is 48.6 Å². The fourth-order valence-electron chi connectivity index (χ4n) is 2.94. The number of aromatic amines is 2. The first-order chi connectivity index (χ1) is 11.8. The van der Waals surface area contributed by atoms with Gasteiger partial charge in [0, 0.05) is 22.1 Å². The van der Waals surface area contributed by atoms with Gasteiger partial charge >= 0.3 is 19.5 Å². The van der Waals surface area contributed by atoms with Gasteiger partial charge in [-0.25, -0.2) is 9.97 Å². The molecule has 6 heteroatoms. The summed E-state index contributed by atoms with van der Waals surface area (Å²) in [6.07, 6.45) is 8.09. The van der Waals surface area contributed by atoms with Gasteiger partial charge in [-0.1, -0.05) is 0 Å². The van der Waals surface area contributed by atoms with Gasteiger partial charge in [0.1, 0.15) is 0 Å². The number of hydrogen-bond acceptors (Lipinski definition) is 2. The maximum atomic E-state index is 4.63. The first-order valence-corrected chi connectivity index (χ1v) is 7.85. The summed E-state index contributed by atoms with van der Waals surface area (Å²) in [5, 5.41) is 0. The molecule has 0 radical (unpaired) electrons. The van der Waals surface area contributed by atoms with Gasteiger partial charge < -0.3 is 15.4 Å². The summed E-state index contributed by atoms with van der Waals surface area (Å²) in [5.41, 5.74) is 7.86. The average Bonchev–Trinajstić information content (AvgIpc) is 3.32. The van der Waals surface area contributed by atoms with Crippen LogP contribution in [-0.4, -0.2) is 19.9 Å². The van der Waals surface area contributed by atoms with Crippen molar-refractivity contribution in [1.82, 2.24) is 19.9 Å². The van der Waals surface area contributed by atoms with Gasteiger partial charge in [-0.3, -0.25) is 0 Å². The Kier molecular flexibility index (Phi) is 4.98. The third kappa shape index (κ3) is 3.57. The number of hydrogen-bond donors (Lipinski definition) is 2. The molecule has 3 aromatic rings. The van der Waals surface area contributed by atoms with Crippen LogP contribution in [0.2, 0.25) is 0 Å². The fourth-order valence-corrected chi connectivity index (χ4v) is 2.94. The monoisotopic (exact) mass is 390 g/mol. The zero-order chi connectivity index (χ0) is 15.9. The molecule has 122 valence electrons. The second kappa shape index (κ2) is 7.20. The molecule has 26 heavy (non-hydrogen) atoms. The Morgan fingerprint density at radius 2 is 0.769 bits per heavy atom. The summed E-state index contributed by atoms with van der Waals surface area (Å²) < 4.78 is 0. The molecule has 0 fully saturated rings. The van der Waals surface area contributed by atoms with Crippen molar-refractivity contribution in [2.24, 2.45) is 0 Å². The standard InChI is InChI=1S/C20H14N4.O.Zn/c1-2-14-10-16-5-6-18(23-16)12-20-8-7-19(24-20)11-17-4-3-15(22-17)9-13(1)21-14;;/h1-12,21,24H;;/q;-2;+2. The van der Waals surface area contributed by atoms with Crippen LogP contribution < -0.4 is 0 Å². The van der Waals surface area contributed by atoms with Crippen molar-refractivity contribution in [3.63, 3.8) is 0 Å². The predicted molar refractivity (Wildman–Crippen MR) is 99.5 cm³/mol. The van der Waals surface area contributed by atoms with Gasteiger partial charge in [-0.15, -0.1) is 0 Å². The normalized spacial score (nSPS) is 11.7. The van der Waals surface area contributed by atoms with E-state index in [1.54, 1.807) is 0 Å². The second-order valence-corrected chi connectivity index (χ2v) is 5.91. The van der Waals surface area contributed by atoms with Crippen molar-refractivity contribution in [3.05, 3.63) is 71.3 Å². The van der Waals surface area contributed by atoms with Crippen LogP contribution in [0.5, 0.6) is 0 Å². The van der Waals surface area contributed by atoms with E-state index in [0.29, 0.717) is 0 Å². The van der Waals surface area contributed by atoms with Crippen LogP contribution in [0.25, 0.3) is 46.4 Å². The molecule has 2 aliphatic rings. The van der Waals surface area contributed by atoms with Crippen LogP contribution in [0.1, 0.15) is 22.8 Å². The molecule has 2 N–H and O–H groups in total. The van der Waals surface area contributed by atoms with Crippen molar-refractivity contribution < 1.29 is 25.0 Å². The van der Waals surface area contributed by atoms with E-state index in [9.17, 15) is 0 Å². The summed E-state index contributed by atoms with van der Waals surface area (Å²) in [6, 6.07) is 16.4. The molecule has 8 bridgehead atoms. The van der Waals surface area contributed by atoms with Gasteiger partial charge in [0.05, 0.1) is 22.8 Å². The molecule has 3 aromatic heterocycles. The Morgan fingerprint density at radius 1 is 0.500 bits per heavy atom. The first kappa shape index (κ1) is 18.0. The van der Waals surface area contributed by atoms with Crippen LogP contribution in [0, 0.1) is 0 Å². The molecule has 0 unspecified atom stereocenters. The minimum Gasteiger partial charge on any atom is -2.00 e. The summed E-state index contributed by atoms with van der Waals surface area (Å²) in [6.45, 7) is 0. The number of aromatic nitrogens is 4. The third-order valence-corrected chi connectivity index (χ3v) is 4.04. The second-order valence-electron chi connectivity index (χ2n) is 5.91. The smallest absolute Gasteiger partial charge is 2.00 e. The molecule has 0 aliphatic carbocycles. The van der Waals surface area contributed by atoms with Crippen molar-refractivity contribution in [1.29, 1.82) is 0 Å². The van der Waals surface area contributed by atoms with E-state index in [1.165, 1.54) is 0 Å². The molecule has 0 atom stereocenters. The van der Waals surface area contributed by atoms with E-state index in [-0.39, 0.29) is 25.0 Å². The molecule has 5 rings (SSSR count). The van der Waals surface area contributed by atoms with Crippen molar-refractivity contribution in [2.75, 3.05) is 0 Å². The minimum absolute atomic E-state index is 0. The summed E-state index contributed by atoms with van der Waals surface area (Å²) in [7, 11) is 0. The molecule has 0 spiro atoms. The molecule has 0 aromatic carbocycles. The molecule has 0 saturated heterocycles. The van der Waals surface area contributed by atoms with E-state index in [2.05, 4.69) is 44.2 Å². The molecule has 5 heterocycles. The number of nitrogens with one attached hydrogen (secondary N) is 2. The fraction of sp³-hybridized carbons (Fsp3) is 0. The number of nitrogens with zero attached hydrogens (tertiary/aromatic N) is 2. The Bertz CT molecular complexity index is 996. The Balaban J connectivity index is 0.000000980. The van der Waals surface area contributed by atoms with Crippen molar-refractivity contribution in [2.45, 2.75) is 0 Å². The molecule has 0 saturated carbocycles.